The summed E-state index contributed by atoms with van der Waals surface area (Å²) in [5.41, 5.74) is 5.33. The Morgan fingerprint density at radius 3 is 2.73 bits per heavy atom. The van der Waals surface area contributed by atoms with E-state index in [1.54, 1.807) is 38.9 Å². The lowest BCUT2D eigenvalue weighted by molar-refractivity contribution is 0.0612. The normalized spacial score (nSPS) is 15.9. The molecule has 2 aliphatic heterocycles. The van der Waals surface area contributed by atoms with Gasteiger partial charge in [-0.25, -0.2) is 9.67 Å². The predicted molar refractivity (Wildman–Crippen MR) is 135 cm³/mol. The Morgan fingerprint density at radius 1 is 1.14 bits per heavy atom. The van der Waals surface area contributed by atoms with Crippen molar-refractivity contribution in [1.29, 1.82) is 0 Å². The molecule has 0 fully saturated rings. The molecule has 10 nitrogen and oxygen atoms in total. The molecule has 0 spiro atoms. The highest BCUT2D eigenvalue weighted by molar-refractivity contribution is 6.31. The van der Waals surface area contributed by atoms with Crippen molar-refractivity contribution < 1.29 is 9.59 Å². The van der Waals surface area contributed by atoms with E-state index in [1.165, 1.54) is 6.33 Å². The number of halogens is 1. The first kappa shape index (κ1) is 23.4. The standard InChI is InChI=1S/C26H25ClN8O2/c1-16-11-18(3-5-21(16)27)25(36)32-8-7-23-20(13-32)24-26(37)33(9-10-34(24)31-23)17(2)22-6-4-19(12-29-22)35-15-28-14-30-35/h3-6,11-12,14-15,17H,7-10,13H2,1-2H3. The van der Waals surface area contributed by atoms with Gasteiger partial charge in [0.25, 0.3) is 11.8 Å². The predicted octanol–water partition coefficient (Wildman–Crippen LogP) is 3.24. The second-order valence-corrected chi connectivity index (χ2v) is 9.80. The first-order valence-corrected chi connectivity index (χ1v) is 12.5. The molecule has 0 radical (unpaired) electrons. The van der Waals surface area contributed by atoms with Crippen molar-refractivity contribution in [2.45, 2.75) is 39.4 Å². The summed E-state index contributed by atoms with van der Waals surface area (Å²) in [5.74, 6) is -0.165. The fraction of sp³-hybridized carbons (Fsp3) is 0.308. The molecule has 188 valence electrons. The van der Waals surface area contributed by atoms with Crippen molar-refractivity contribution in [2.75, 3.05) is 13.1 Å². The first-order valence-electron chi connectivity index (χ1n) is 12.2. The number of carbonyl (C=O) groups is 2. The molecule has 6 rings (SSSR count). The molecule has 0 bridgehead atoms. The number of aryl methyl sites for hydroxylation is 1. The zero-order valence-electron chi connectivity index (χ0n) is 20.5. The Kier molecular flexibility index (Phi) is 5.75. The molecule has 0 N–H and O–H groups in total. The number of amides is 2. The molecule has 0 saturated heterocycles. The van der Waals surface area contributed by atoms with E-state index in [1.807, 2.05) is 36.9 Å². The minimum absolute atomic E-state index is 0.0736. The maximum atomic E-state index is 13.7. The van der Waals surface area contributed by atoms with Gasteiger partial charge in [0, 0.05) is 35.7 Å². The molecule has 4 aromatic rings. The molecule has 0 saturated carbocycles. The van der Waals surface area contributed by atoms with E-state index in [0.717, 1.165) is 28.2 Å². The molecule has 2 aliphatic rings. The van der Waals surface area contributed by atoms with Crippen LogP contribution in [-0.2, 0) is 19.5 Å². The van der Waals surface area contributed by atoms with Crippen LogP contribution in [0.2, 0.25) is 5.02 Å². The Hall–Kier alpha value is -4.05. The van der Waals surface area contributed by atoms with Gasteiger partial charge in [-0.15, -0.1) is 0 Å². The largest absolute Gasteiger partial charge is 0.334 e. The van der Waals surface area contributed by atoms with Crippen LogP contribution in [0.1, 0.15) is 56.3 Å². The Morgan fingerprint density at radius 2 is 2.00 bits per heavy atom. The van der Waals surface area contributed by atoms with E-state index in [2.05, 4.69) is 15.1 Å². The maximum absolute atomic E-state index is 13.7. The molecule has 3 aromatic heterocycles. The third-order valence-electron chi connectivity index (χ3n) is 7.16. The van der Waals surface area contributed by atoms with Gasteiger partial charge in [0.05, 0.1) is 42.4 Å². The van der Waals surface area contributed by atoms with Gasteiger partial charge < -0.3 is 9.80 Å². The SMILES string of the molecule is Cc1cc(C(=O)N2CCc3nn4c(c3C2)C(=O)N(C(C)c2ccc(-n3cncn3)cn2)CC4)ccc1Cl. The fourth-order valence-corrected chi connectivity index (χ4v) is 5.17. The van der Waals surface area contributed by atoms with Crippen LogP contribution >= 0.6 is 11.6 Å². The number of benzene rings is 1. The van der Waals surface area contributed by atoms with Gasteiger partial charge in [0.15, 0.2) is 0 Å². The topological polar surface area (TPSA) is 102 Å². The summed E-state index contributed by atoms with van der Waals surface area (Å²) in [7, 11) is 0. The molecule has 2 amide bonds. The summed E-state index contributed by atoms with van der Waals surface area (Å²) in [6, 6.07) is 8.90. The number of pyridine rings is 1. The summed E-state index contributed by atoms with van der Waals surface area (Å²) in [5, 5.41) is 9.48. The van der Waals surface area contributed by atoms with Gasteiger partial charge in [-0.05, 0) is 49.7 Å². The molecule has 1 atom stereocenters. The average molecular weight is 517 g/mol. The lowest BCUT2D eigenvalue weighted by Gasteiger charge is -2.33. The summed E-state index contributed by atoms with van der Waals surface area (Å²) < 4.78 is 3.44. The van der Waals surface area contributed by atoms with Crippen molar-refractivity contribution in [3.63, 3.8) is 0 Å². The number of rotatable bonds is 4. The zero-order valence-corrected chi connectivity index (χ0v) is 21.3. The quantitative estimate of drug-likeness (QED) is 0.412. The van der Waals surface area contributed by atoms with Gasteiger partial charge in [-0.2, -0.15) is 10.2 Å². The number of carbonyl (C=O) groups excluding carboxylic acids is 2. The van der Waals surface area contributed by atoms with E-state index in [4.69, 9.17) is 16.7 Å². The van der Waals surface area contributed by atoms with Crippen LogP contribution in [0.25, 0.3) is 5.69 Å². The van der Waals surface area contributed by atoms with Crippen LogP contribution in [0.5, 0.6) is 0 Å². The first-order chi connectivity index (χ1) is 17.9. The van der Waals surface area contributed by atoms with Gasteiger partial charge in [-0.1, -0.05) is 11.6 Å². The van der Waals surface area contributed by atoms with Gasteiger partial charge in [0.1, 0.15) is 18.3 Å². The highest BCUT2D eigenvalue weighted by Gasteiger charge is 2.36. The lowest BCUT2D eigenvalue weighted by Crippen LogP contribution is -2.43. The Bertz CT molecular complexity index is 1500. The summed E-state index contributed by atoms with van der Waals surface area (Å²) in [6.45, 7) is 5.90. The van der Waals surface area contributed by atoms with Crippen LogP contribution in [0.4, 0.5) is 0 Å². The number of hydrogen-bond acceptors (Lipinski definition) is 6. The van der Waals surface area contributed by atoms with E-state index in [-0.39, 0.29) is 17.9 Å². The van der Waals surface area contributed by atoms with E-state index >= 15 is 0 Å². The molecule has 1 unspecified atom stereocenters. The minimum atomic E-state index is -0.227. The van der Waals surface area contributed by atoms with Crippen molar-refractivity contribution in [2.24, 2.45) is 0 Å². The third-order valence-corrected chi connectivity index (χ3v) is 7.58. The number of nitrogens with zero attached hydrogens (tertiary/aromatic N) is 8. The third kappa shape index (κ3) is 4.07. The molecular formula is C26H25ClN8O2. The Balaban J connectivity index is 1.24. The van der Waals surface area contributed by atoms with Crippen LogP contribution < -0.4 is 0 Å². The second-order valence-electron chi connectivity index (χ2n) is 9.39. The smallest absolute Gasteiger partial charge is 0.273 e. The highest BCUT2D eigenvalue weighted by atomic mass is 35.5. The summed E-state index contributed by atoms with van der Waals surface area (Å²) >= 11 is 6.14. The van der Waals surface area contributed by atoms with Crippen molar-refractivity contribution >= 4 is 23.4 Å². The average Bonchev–Trinajstić information content (AvgIpc) is 3.58. The van der Waals surface area contributed by atoms with Crippen LogP contribution in [0.3, 0.4) is 0 Å². The van der Waals surface area contributed by atoms with Crippen molar-refractivity contribution in [3.8, 4) is 5.69 Å². The van der Waals surface area contributed by atoms with Gasteiger partial charge in [-0.3, -0.25) is 19.3 Å². The van der Waals surface area contributed by atoms with Gasteiger partial charge in [0.2, 0.25) is 0 Å². The van der Waals surface area contributed by atoms with Crippen molar-refractivity contribution in [3.05, 3.63) is 88.0 Å². The minimum Gasteiger partial charge on any atom is -0.334 e. The lowest BCUT2D eigenvalue weighted by atomic mass is 10.0. The molecule has 37 heavy (non-hydrogen) atoms. The van der Waals surface area contributed by atoms with Crippen molar-refractivity contribution in [1.82, 2.24) is 39.3 Å². The summed E-state index contributed by atoms with van der Waals surface area (Å²) in [6.07, 6.45) is 5.42. The van der Waals surface area contributed by atoms with Crippen LogP contribution in [0.15, 0.2) is 49.2 Å². The van der Waals surface area contributed by atoms with Crippen LogP contribution in [0, 0.1) is 6.92 Å². The molecule has 0 aliphatic carbocycles. The van der Waals surface area contributed by atoms with Gasteiger partial charge >= 0.3 is 0 Å². The zero-order chi connectivity index (χ0) is 25.7. The number of aromatic nitrogens is 6. The molecule has 5 heterocycles. The Labute approximate surface area is 218 Å². The maximum Gasteiger partial charge on any atom is 0.273 e. The fourth-order valence-electron chi connectivity index (χ4n) is 5.05. The number of hydrogen-bond donors (Lipinski definition) is 0. The monoisotopic (exact) mass is 516 g/mol. The van der Waals surface area contributed by atoms with E-state index < -0.39 is 0 Å². The molecule has 11 heteroatoms. The highest BCUT2D eigenvalue weighted by Crippen LogP contribution is 2.30. The van der Waals surface area contributed by atoms with E-state index in [9.17, 15) is 9.59 Å². The molecule has 1 aromatic carbocycles. The second kappa shape index (κ2) is 9.11. The summed E-state index contributed by atoms with van der Waals surface area (Å²) in [4.78, 5) is 39.2. The van der Waals surface area contributed by atoms with Crippen LogP contribution in [-0.4, -0.2) is 64.2 Å². The number of fused-ring (bicyclic) bond motifs is 3. The molecular weight excluding hydrogens is 492 g/mol. The van der Waals surface area contributed by atoms with E-state index in [0.29, 0.717) is 48.9 Å².